The predicted molar refractivity (Wildman–Crippen MR) is 108 cm³/mol. The number of fused-ring (bicyclic) bond motifs is 2. The molecule has 0 saturated carbocycles. The highest BCUT2D eigenvalue weighted by Gasteiger charge is 2.53. The molecule has 2 N–H and O–H groups in total. The van der Waals surface area contributed by atoms with E-state index in [1.807, 2.05) is 25.1 Å². The maximum absolute atomic E-state index is 13.5. The van der Waals surface area contributed by atoms with Gasteiger partial charge in [-0.2, -0.15) is 5.26 Å². The number of hydrogen-bond acceptors (Lipinski definition) is 8. The lowest BCUT2D eigenvalue weighted by molar-refractivity contribution is -0.147. The van der Waals surface area contributed by atoms with E-state index in [9.17, 15) is 10.1 Å². The quantitative estimate of drug-likeness (QED) is 0.770. The second-order valence-electron chi connectivity index (χ2n) is 7.07. The standard InChI is InChI=1S/C22H21N3O5/c1-4-27-21(26)22(13-5-8-17-19(9-13)29-12-28-17)15-7-6-14(25(2)3)10-18(15)30-20(24)16(22)11-23/h5-10H,4,12,24H2,1-3H3. The molecular formula is C22H21N3O5. The van der Waals surface area contributed by atoms with Gasteiger partial charge in [-0.1, -0.05) is 12.1 Å². The second kappa shape index (κ2) is 7.19. The Bertz CT molecular complexity index is 1100. The first-order valence-corrected chi connectivity index (χ1v) is 9.40. The van der Waals surface area contributed by atoms with Crippen molar-refractivity contribution < 1.29 is 23.7 Å². The number of esters is 1. The third-order valence-corrected chi connectivity index (χ3v) is 5.23. The van der Waals surface area contributed by atoms with Crippen LogP contribution in [0.15, 0.2) is 47.9 Å². The Balaban J connectivity index is 2.06. The van der Waals surface area contributed by atoms with Gasteiger partial charge >= 0.3 is 5.97 Å². The molecule has 8 heteroatoms. The highest BCUT2D eigenvalue weighted by Crippen LogP contribution is 2.50. The zero-order valence-corrected chi connectivity index (χ0v) is 16.9. The Kier molecular flexibility index (Phi) is 4.66. The molecule has 1 unspecified atom stereocenters. The van der Waals surface area contributed by atoms with Crippen molar-refractivity contribution in [1.29, 1.82) is 5.26 Å². The Morgan fingerprint density at radius 1 is 1.20 bits per heavy atom. The fraction of sp³-hybridized carbons (Fsp3) is 0.273. The number of carbonyl (C=O) groups is 1. The molecule has 2 aliphatic heterocycles. The summed E-state index contributed by atoms with van der Waals surface area (Å²) in [6.07, 6.45) is 0. The molecule has 154 valence electrons. The first kappa shape index (κ1) is 19.5. The van der Waals surface area contributed by atoms with Crippen molar-refractivity contribution in [1.82, 2.24) is 0 Å². The van der Waals surface area contributed by atoms with E-state index in [2.05, 4.69) is 6.07 Å². The molecule has 0 aliphatic carbocycles. The predicted octanol–water partition coefficient (Wildman–Crippen LogP) is 2.42. The van der Waals surface area contributed by atoms with E-state index < -0.39 is 11.4 Å². The first-order valence-electron chi connectivity index (χ1n) is 9.40. The summed E-state index contributed by atoms with van der Waals surface area (Å²) in [4.78, 5) is 15.4. The number of ether oxygens (including phenoxy) is 4. The highest BCUT2D eigenvalue weighted by atomic mass is 16.7. The molecule has 8 nitrogen and oxygen atoms in total. The Labute approximate surface area is 174 Å². The van der Waals surface area contributed by atoms with Crippen molar-refractivity contribution in [2.45, 2.75) is 12.3 Å². The number of hydrogen-bond donors (Lipinski definition) is 1. The molecule has 0 fully saturated rings. The largest absolute Gasteiger partial charge is 0.465 e. The molecule has 0 spiro atoms. The molecule has 0 radical (unpaired) electrons. The molecule has 0 bridgehead atoms. The van der Waals surface area contributed by atoms with Crippen molar-refractivity contribution in [3.8, 4) is 23.3 Å². The Morgan fingerprint density at radius 3 is 2.67 bits per heavy atom. The van der Waals surface area contributed by atoms with Crippen LogP contribution >= 0.6 is 0 Å². The summed E-state index contributed by atoms with van der Waals surface area (Å²) in [6, 6.07) is 12.5. The maximum Gasteiger partial charge on any atom is 0.326 e. The van der Waals surface area contributed by atoms with Crippen LogP contribution < -0.4 is 24.8 Å². The zero-order valence-electron chi connectivity index (χ0n) is 16.9. The molecule has 2 aromatic carbocycles. The van der Waals surface area contributed by atoms with Crippen molar-refractivity contribution in [2.75, 3.05) is 32.4 Å². The number of benzene rings is 2. The molecule has 1 atom stereocenters. The van der Waals surface area contributed by atoms with E-state index >= 15 is 0 Å². The van der Waals surface area contributed by atoms with E-state index in [0.29, 0.717) is 28.4 Å². The summed E-state index contributed by atoms with van der Waals surface area (Å²) in [7, 11) is 3.78. The third kappa shape index (κ3) is 2.70. The number of nitriles is 1. The first-order chi connectivity index (χ1) is 14.4. The van der Waals surface area contributed by atoms with Gasteiger partial charge < -0.3 is 29.6 Å². The minimum absolute atomic E-state index is 0.0371. The van der Waals surface area contributed by atoms with E-state index in [1.54, 1.807) is 37.3 Å². The number of nitrogens with two attached hydrogens (primary N) is 1. The van der Waals surface area contributed by atoms with Gasteiger partial charge in [0.2, 0.25) is 12.7 Å². The third-order valence-electron chi connectivity index (χ3n) is 5.23. The van der Waals surface area contributed by atoms with E-state index in [-0.39, 0.29) is 24.9 Å². The van der Waals surface area contributed by atoms with Crippen molar-refractivity contribution in [3.05, 3.63) is 59.0 Å². The number of rotatable bonds is 4. The highest BCUT2D eigenvalue weighted by molar-refractivity contribution is 5.95. The minimum Gasteiger partial charge on any atom is -0.465 e. The van der Waals surface area contributed by atoms with E-state index in [0.717, 1.165) is 5.69 Å². The van der Waals surface area contributed by atoms with Gasteiger partial charge in [-0.05, 0) is 30.7 Å². The van der Waals surface area contributed by atoms with Crippen molar-refractivity contribution >= 4 is 11.7 Å². The van der Waals surface area contributed by atoms with Gasteiger partial charge in [-0.25, -0.2) is 0 Å². The maximum atomic E-state index is 13.5. The van der Waals surface area contributed by atoms with Crippen LogP contribution in [-0.4, -0.2) is 33.5 Å². The van der Waals surface area contributed by atoms with Crippen LogP contribution in [0.25, 0.3) is 0 Å². The molecule has 2 aliphatic rings. The van der Waals surface area contributed by atoms with Crippen LogP contribution in [0.5, 0.6) is 17.2 Å². The fourth-order valence-corrected chi connectivity index (χ4v) is 3.81. The zero-order chi connectivity index (χ0) is 21.5. The van der Waals surface area contributed by atoms with Crippen molar-refractivity contribution in [3.63, 3.8) is 0 Å². The molecule has 4 rings (SSSR count). The van der Waals surface area contributed by atoms with Crippen LogP contribution in [0.1, 0.15) is 18.1 Å². The van der Waals surface area contributed by atoms with Gasteiger partial charge in [0.05, 0.1) is 6.61 Å². The summed E-state index contributed by atoms with van der Waals surface area (Å²) in [5.74, 6) is 0.647. The summed E-state index contributed by atoms with van der Waals surface area (Å²) < 4.78 is 22.1. The minimum atomic E-state index is -1.60. The molecule has 30 heavy (non-hydrogen) atoms. The summed E-state index contributed by atoms with van der Waals surface area (Å²) in [5, 5.41) is 10.00. The Morgan fingerprint density at radius 2 is 1.97 bits per heavy atom. The topological polar surface area (TPSA) is 107 Å². The van der Waals surface area contributed by atoms with Gasteiger partial charge in [-0.3, -0.25) is 4.79 Å². The summed E-state index contributed by atoms with van der Waals surface area (Å²) in [6.45, 7) is 1.93. The lowest BCUT2D eigenvalue weighted by Crippen LogP contribution is -2.44. The van der Waals surface area contributed by atoms with Gasteiger partial charge in [0.15, 0.2) is 16.9 Å². The van der Waals surface area contributed by atoms with Gasteiger partial charge in [0.25, 0.3) is 0 Å². The molecule has 0 saturated heterocycles. The van der Waals surface area contributed by atoms with Crippen LogP contribution in [-0.2, 0) is 14.9 Å². The average molecular weight is 407 g/mol. The van der Waals surface area contributed by atoms with Crippen LogP contribution in [0.4, 0.5) is 5.69 Å². The number of nitrogens with zero attached hydrogens (tertiary/aromatic N) is 2. The molecule has 0 aromatic heterocycles. The summed E-state index contributed by atoms with van der Waals surface area (Å²) in [5.41, 5.74) is 6.31. The normalized spacial score (nSPS) is 18.9. The van der Waals surface area contributed by atoms with Gasteiger partial charge in [0, 0.05) is 31.4 Å². The summed E-state index contributed by atoms with van der Waals surface area (Å²) >= 11 is 0. The van der Waals surface area contributed by atoms with Gasteiger partial charge in [-0.15, -0.1) is 0 Å². The number of anilines is 1. The Hall–Kier alpha value is -3.86. The SMILES string of the molecule is CCOC(=O)C1(c2ccc3c(c2)OCO3)C(C#N)=C(N)Oc2cc(N(C)C)ccc21. The van der Waals surface area contributed by atoms with Crippen LogP contribution in [0.2, 0.25) is 0 Å². The average Bonchev–Trinajstić information content (AvgIpc) is 3.20. The van der Waals surface area contributed by atoms with E-state index in [4.69, 9.17) is 24.7 Å². The van der Waals surface area contributed by atoms with Crippen molar-refractivity contribution in [2.24, 2.45) is 5.73 Å². The van der Waals surface area contributed by atoms with Gasteiger partial charge in [0.1, 0.15) is 17.4 Å². The number of carbonyl (C=O) groups excluding carboxylic acids is 1. The molecule has 2 heterocycles. The van der Waals surface area contributed by atoms with Crippen LogP contribution in [0, 0.1) is 11.3 Å². The van der Waals surface area contributed by atoms with Crippen LogP contribution in [0.3, 0.4) is 0 Å². The molecular weight excluding hydrogens is 386 g/mol. The van der Waals surface area contributed by atoms with E-state index in [1.165, 1.54) is 0 Å². The lowest BCUT2D eigenvalue weighted by atomic mass is 9.68. The second-order valence-corrected chi connectivity index (χ2v) is 7.07. The monoisotopic (exact) mass is 407 g/mol. The lowest BCUT2D eigenvalue weighted by Gasteiger charge is -2.37. The molecule has 0 amide bonds. The molecule has 2 aromatic rings. The fourth-order valence-electron chi connectivity index (χ4n) is 3.81. The smallest absolute Gasteiger partial charge is 0.326 e.